The Morgan fingerprint density at radius 3 is 2.19 bits per heavy atom. The number of aliphatic hydroxyl groups excluding tert-OH is 1. The minimum absolute atomic E-state index is 0.00137. The zero-order valence-corrected chi connectivity index (χ0v) is 21.7. The Labute approximate surface area is 193 Å². The number of rotatable bonds is 4. The molecule has 2 N–H and O–H groups in total. The molecule has 4 aliphatic rings. The van der Waals surface area contributed by atoms with Crippen molar-refractivity contribution in [2.45, 2.75) is 131 Å². The predicted molar refractivity (Wildman–Crippen MR) is 130 cm³/mol. The van der Waals surface area contributed by atoms with Crippen LogP contribution in [0.25, 0.3) is 0 Å². The third-order valence-electron chi connectivity index (χ3n) is 11.6. The Bertz CT molecular complexity index is 648. The van der Waals surface area contributed by atoms with E-state index < -0.39 is 5.60 Å². The summed E-state index contributed by atoms with van der Waals surface area (Å²) in [6.45, 7) is 16.3. The van der Waals surface area contributed by atoms with E-state index in [1.807, 2.05) is 0 Å². The van der Waals surface area contributed by atoms with Gasteiger partial charge in [0, 0.05) is 0 Å². The van der Waals surface area contributed by atoms with E-state index >= 15 is 0 Å². The van der Waals surface area contributed by atoms with Gasteiger partial charge in [-0.15, -0.1) is 0 Å². The second-order valence-electron chi connectivity index (χ2n) is 14.5. The first kappa shape index (κ1) is 24.1. The molecular weight excluding hydrogens is 380 g/mol. The van der Waals surface area contributed by atoms with Gasteiger partial charge in [0.2, 0.25) is 0 Å². The molecule has 0 bridgehead atoms. The van der Waals surface area contributed by atoms with Gasteiger partial charge in [0.05, 0.1) is 11.7 Å². The van der Waals surface area contributed by atoms with Crippen LogP contribution in [0.4, 0.5) is 0 Å². The fourth-order valence-corrected chi connectivity index (χ4v) is 9.46. The standard InChI is InChI=1S/C29H52O2/c1-19(8-13-25(30)26(2,3)4)22-11-12-23-21-10-9-20-18-27(5,31)16-17-28(20,6)24(21)14-15-29(22,23)7/h19-25,30-31H,8-18H2,1-7H3/t19-,20-,21+,22-,23+,24+,25+,27+,28+,29-/m1/s1. The first-order valence-electron chi connectivity index (χ1n) is 13.7. The van der Waals surface area contributed by atoms with E-state index in [2.05, 4.69) is 48.5 Å². The van der Waals surface area contributed by atoms with Gasteiger partial charge < -0.3 is 10.2 Å². The van der Waals surface area contributed by atoms with Crippen molar-refractivity contribution in [2.24, 2.45) is 51.8 Å². The van der Waals surface area contributed by atoms with Crippen molar-refractivity contribution in [1.82, 2.24) is 0 Å². The van der Waals surface area contributed by atoms with E-state index in [0.717, 1.165) is 54.8 Å². The molecule has 0 radical (unpaired) electrons. The minimum Gasteiger partial charge on any atom is -0.393 e. The molecule has 31 heavy (non-hydrogen) atoms. The quantitative estimate of drug-likeness (QED) is 0.492. The molecule has 0 aromatic rings. The van der Waals surface area contributed by atoms with Crippen LogP contribution in [0.5, 0.6) is 0 Å². The van der Waals surface area contributed by atoms with Crippen LogP contribution in [-0.2, 0) is 0 Å². The van der Waals surface area contributed by atoms with Crippen LogP contribution in [0.2, 0.25) is 0 Å². The second-order valence-corrected chi connectivity index (χ2v) is 14.5. The van der Waals surface area contributed by atoms with Gasteiger partial charge in [0.25, 0.3) is 0 Å². The van der Waals surface area contributed by atoms with Crippen molar-refractivity contribution < 1.29 is 10.2 Å². The van der Waals surface area contributed by atoms with Gasteiger partial charge in [-0.05, 0) is 129 Å². The van der Waals surface area contributed by atoms with Crippen LogP contribution in [0, 0.1) is 51.8 Å². The highest BCUT2D eigenvalue weighted by atomic mass is 16.3. The summed E-state index contributed by atoms with van der Waals surface area (Å²) in [6.07, 6.45) is 13.6. The van der Waals surface area contributed by atoms with Gasteiger partial charge in [-0.25, -0.2) is 0 Å². The van der Waals surface area contributed by atoms with E-state index in [9.17, 15) is 10.2 Å². The molecule has 4 fully saturated rings. The number of aliphatic hydroxyl groups is 2. The molecule has 0 unspecified atom stereocenters. The zero-order chi connectivity index (χ0) is 22.8. The lowest BCUT2D eigenvalue weighted by molar-refractivity contribution is -0.148. The molecule has 0 amide bonds. The lowest BCUT2D eigenvalue weighted by Gasteiger charge is -2.62. The highest BCUT2D eigenvalue weighted by molar-refractivity contribution is 5.10. The van der Waals surface area contributed by atoms with Crippen molar-refractivity contribution in [1.29, 1.82) is 0 Å². The Morgan fingerprint density at radius 2 is 1.52 bits per heavy atom. The van der Waals surface area contributed by atoms with Crippen LogP contribution < -0.4 is 0 Å². The Balaban J connectivity index is 1.45. The molecule has 0 aromatic carbocycles. The van der Waals surface area contributed by atoms with E-state index in [4.69, 9.17) is 0 Å². The van der Waals surface area contributed by atoms with Gasteiger partial charge in [-0.3, -0.25) is 0 Å². The maximum Gasteiger partial charge on any atom is 0.0622 e. The summed E-state index contributed by atoms with van der Waals surface area (Å²) in [5.74, 6) is 5.00. The first-order valence-corrected chi connectivity index (χ1v) is 13.7. The van der Waals surface area contributed by atoms with E-state index in [1.54, 1.807) is 0 Å². The summed E-state index contributed by atoms with van der Waals surface area (Å²) >= 11 is 0. The van der Waals surface area contributed by atoms with Gasteiger partial charge in [0.15, 0.2) is 0 Å². The monoisotopic (exact) mass is 432 g/mol. The first-order chi connectivity index (χ1) is 14.3. The molecule has 0 spiro atoms. The summed E-state index contributed by atoms with van der Waals surface area (Å²) < 4.78 is 0. The maximum atomic E-state index is 10.7. The lowest BCUT2D eigenvalue weighted by atomic mass is 9.43. The molecule has 2 heteroatoms. The van der Waals surface area contributed by atoms with Gasteiger partial charge in [0.1, 0.15) is 0 Å². The van der Waals surface area contributed by atoms with Crippen molar-refractivity contribution in [3.05, 3.63) is 0 Å². The molecular formula is C29H52O2. The molecule has 0 aliphatic heterocycles. The third kappa shape index (κ3) is 4.16. The maximum absolute atomic E-state index is 10.7. The summed E-state index contributed by atoms with van der Waals surface area (Å²) in [4.78, 5) is 0. The lowest BCUT2D eigenvalue weighted by Crippen LogP contribution is -2.55. The molecule has 2 nitrogen and oxygen atoms in total. The molecule has 10 atom stereocenters. The average molecular weight is 433 g/mol. The predicted octanol–water partition coefficient (Wildman–Crippen LogP) is 7.22. The van der Waals surface area contributed by atoms with Gasteiger partial charge >= 0.3 is 0 Å². The van der Waals surface area contributed by atoms with Crippen LogP contribution in [0.15, 0.2) is 0 Å². The Kier molecular flexibility index (Phi) is 6.21. The summed E-state index contributed by atoms with van der Waals surface area (Å²) in [5.41, 5.74) is 0.550. The number of hydrogen-bond donors (Lipinski definition) is 2. The molecule has 0 saturated heterocycles. The Morgan fingerprint density at radius 1 is 0.839 bits per heavy atom. The summed E-state index contributed by atoms with van der Waals surface area (Å²) in [7, 11) is 0. The smallest absolute Gasteiger partial charge is 0.0622 e. The van der Waals surface area contributed by atoms with Crippen LogP contribution in [-0.4, -0.2) is 21.9 Å². The molecule has 0 heterocycles. The average Bonchev–Trinajstić information content (AvgIpc) is 3.02. The highest BCUT2D eigenvalue weighted by Gasteiger charge is 2.61. The normalized spacial score (nSPS) is 49.6. The molecule has 180 valence electrons. The topological polar surface area (TPSA) is 40.5 Å². The second kappa shape index (κ2) is 8.00. The van der Waals surface area contributed by atoms with Crippen molar-refractivity contribution in [3.63, 3.8) is 0 Å². The van der Waals surface area contributed by atoms with E-state index in [1.165, 1.54) is 51.4 Å². The largest absolute Gasteiger partial charge is 0.393 e. The third-order valence-corrected chi connectivity index (χ3v) is 11.6. The number of hydrogen-bond acceptors (Lipinski definition) is 2. The van der Waals surface area contributed by atoms with Gasteiger partial charge in [-0.2, -0.15) is 0 Å². The van der Waals surface area contributed by atoms with E-state index in [-0.39, 0.29) is 11.5 Å². The number of fused-ring (bicyclic) bond motifs is 5. The van der Waals surface area contributed by atoms with Crippen LogP contribution in [0.1, 0.15) is 119 Å². The van der Waals surface area contributed by atoms with Crippen LogP contribution >= 0.6 is 0 Å². The zero-order valence-electron chi connectivity index (χ0n) is 21.7. The Hall–Kier alpha value is -0.0800. The van der Waals surface area contributed by atoms with Crippen molar-refractivity contribution in [2.75, 3.05) is 0 Å². The minimum atomic E-state index is -0.425. The molecule has 0 aromatic heterocycles. The fraction of sp³-hybridized carbons (Fsp3) is 1.00. The summed E-state index contributed by atoms with van der Waals surface area (Å²) in [6, 6.07) is 0. The molecule has 4 saturated carbocycles. The van der Waals surface area contributed by atoms with Gasteiger partial charge in [-0.1, -0.05) is 41.5 Å². The summed E-state index contributed by atoms with van der Waals surface area (Å²) in [5, 5.41) is 21.3. The van der Waals surface area contributed by atoms with Crippen molar-refractivity contribution in [3.8, 4) is 0 Å². The SMILES string of the molecule is C[C@H](CC[C@H](O)C(C)(C)C)[C@H]1CC[C@H]2[C@@H]3CC[C@@H]4C[C@@](C)(O)CC[C@]4(C)[C@H]3CC[C@]12C. The van der Waals surface area contributed by atoms with Crippen LogP contribution in [0.3, 0.4) is 0 Å². The fourth-order valence-electron chi connectivity index (χ4n) is 9.46. The highest BCUT2D eigenvalue weighted by Crippen LogP contribution is 2.68. The molecule has 4 rings (SSSR count). The molecule has 4 aliphatic carbocycles. The van der Waals surface area contributed by atoms with Crippen molar-refractivity contribution >= 4 is 0 Å². The van der Waals surface area contributed by atoms with E-state index in [0.29, 0.717) is 10.8 Å².